The van der Waals surface area contributed by atoms with Gasteiger partial charge in [-0.15, -0.1) is 0 Å². The first-order chi connectivity index (χ1) is 7.56. The minimum absolute atomic E-state index is 0.0859. The van der Waals surface area contributed by atoms with Gasteiger partial charge >= 0.3 is 5.69 Å². The number of aromatic nitrogens is 2. The van der Waals surface area contributed by atoms with E-state index < -0.39 is 5.56 Å². The molecule has 0 saturated heterocycles. The van der Waals surface area contributed by atoms with Gasteiger partial charge in [-0.25, -0.2) is 4.79 Å². The SMILES string of the molecule is Cc1c(C=O)c(=O)n(C)c(=O)n1CC1CC1. The van der Waals surface area contributed by atoms with E-state index in [-0.39, 0.29) is 11.3 Å². The van der Waals surface area contributed by atoms with E-state index in [2.05, 4.69) is 0 Å². The molecule has 0 radical (unpaired) electrons. The van der Waals surface area contributed by atoms with Crippen LogP contribution in [0.4, 0.5) is 0 Å². The van der Waals surface area contributed by atoms with Gasteiger partial charge < -0.3 is 0 Å². The second-order valence-electron chi connectivity index (χ2n) is 4.32. The van der Waals surface area contributed by atoms with Gasteiger partial charge in [0.25, 0.3) is 5.56 Å². The molecule has 0 amide bonds. The number of rotatable bonds is 3. The first kappa shape index (κ1) is 10.9. The fourth-order valence-corrected chi connectivity index (χ4v) is 1.80. The molecule has 0 atom stereocenters. The van der Waals surface area contributed by atoms with Crippen molar-refractivity contribution in [1.29, 1.82) is 0 Å². The highest BCUT2D eigenvalue weighted by Crippen LogP contribution is 2.30. The van der Waals surface area contributed by atoms with Crippen LogP contribution in [0.5, 0.6) is 0 Å². The molecule has 0 N–H and O–H groups in total. The van der Waals surface area contributed by atoms with E-state index in [1.807, 2.05) is 0 Å². The van der Waals surface area contributed by atoms with Gasteiger partial charge in [-0.1, -0.05) is 0 Å². The van der Waals surface area contributed by atoms with Crippen LogP contribution in [0.15, 0.2) is 9.59 Å². The van der Waals surface area contributed by atoms with Crippen molar-refractivity contribution >= 4 is 6.29 Å². The van der Waals surface area contributed by atoms with Crippen molar-refractivity contribution in [3.63, 3.8) is 0 Å². The Hall–Kier alpha value is -1.65. The molecule has 0 bridgehead atoms. The molecule has 1 aliphatic rings. The van der Waals surface area contributed by atoms with Crippen molar-refractivity contribution in [2.45, 2.75) is 26.3 Å². The molecule has 5 nitrogen and oxygen atoms in total. The van der Waals surface area contributed by atoms with E-state index in [0.717, 1.165) is 17.4 Å². The van der Waals surface area contributed by atoms with Gasteiger partial charge in [-0.3, -0.25) is 18.7 Å². The number of nitrogens with zero attached hydrogens (tertiary/aromatic N) is 2. The van der Waals surface area contributed by atoms with Crippen LogP contribution in [-0.2, 0) is 13.6 Å². The van der Waals surface area contributed by atoms with Crippen LogP contribution < -0.4 is 11.2 Å². The van der Waals surface area contributed by atoms with E-state index in [4.69, 9.17) is 0 Å². The lowest BCUT2D eigenvalue weighted by Gasteiger charge is -2.12. The zero-order valence-corrected chi connectivity index (χ0v) is 9.40. The average molecular weight is 222 g/mol. The van der Waals surface area contributed by atoms with Gasteiger partial charge in [-0.2, -0.15) is 0 Å². The zero-order chi connectivity index (χ0) is 11.9. The summed E-state index contributed by atoms with van der Waals surface area (Å²) < 4.78 is 2.53. The fraction of sp³-hybridized carbons (Fsp3) is 0.545. The molecule has 1 fully saturated rings. The highest BCUT2D eigenvalue weighted by atomic mass is 16.2. The molecule has 86 valence electrons. The molecule has 1 aliphatic carbocycles. The average Bonchev–Trinajstić information content (AvgIpc) is 3.06. The summed E-state index contributed by atoms with van der Waals surface area (Å²) in [7, 11) is 1.40. The molecular weight excluding hydrogens is 208 g/mol. The Morgan fingerprint density at radius 2 is 2.00 bits per heavy atom. The number of hydrogen-bond donors (Lipinski definition) is 0. The predicted molar refractivity (Wildman–Crippen MR) is 58.8 cm³/mol. The summed E-state index contributed by atoms with van der Waals surface area (Å²) in [6.45, 7) is 2.26. The minimum Gasteiger partial charge on any atom is -0.298 e. The molecule has 0 unspecified atom stereocenters. The van der Waals surface area contributed by atoms with Crippen molar-refractivity contribution in [3.8, 4) is 0 Å². The Bertz CT molecular complexity index is 550. The highest BCUT2D eigenvalue weighted by Gasteiger charge is 2.24. The first-order valence-electron chi connectivity index (χ1n) is 5.32. The summed E-state index contributed by atoms with van der Waals surface area (Å²) in [5, 5.41) is 0. The first-order valence-corrected chi connectivity index (χ1v) is 5.32. The number of carbonyl (C=O) groups excluding carboxylic acids is 1. The zero-order valence-electron chi connectivity index (χ0n) is 9.40. The molecule has 16 heavy (non-hydrogen) atoms. The second kappa shape index (κ2) is 3.73. The van der Waals surface area contributed by atoms with Gasteiger partial charge in [0.2, 0.25) is 0 Å². The van der Waals surface area contributed by atoms with Crippen LogP contribution in [0, 0.1) is 12.8 Å². The molecule has 2 rings (SSSR count). The normalized spacial score (nSPS) is 15.1. The topological polar surface area (TPSA) is 61.1 Å². The lowest BCUT2D eigenvalue weighted by molar-refractivity contribution is 0.111. The maximum atomic E-state index is 11.9. The van der Waals surface area contributed by atoms with Crippen molar-refractivity contribution in [1.82, 2.24) is 9.13 Å². The maximum absolute atomic E-state index is 11.9. The second-order valence-corrected chi connectivity index (χ2v) is 4.32. The summed E-state index contributed by atoms with van der Waals surface area (Å²) >= 11 is 0. The van der Waals surface area contributed by atoms with E-state index in [9.17, 15) is 14.4 Å². The standard InChI is InChI=1S/C11H14N2O3/c1-7-9(6-14)10(15)12(2)11(16)13(7)5-8-3-4-8/h6,8H,3-5H2,1-2H3. The third-order valence-electron chi connectivity index (χ3n) is 3.10. The smallest absolute Gasteiger partial charge is 0.298 e. The Balaban J connectivity index is 2.66. The molecule has 1 heterocycles. The van der Waals surface area contributed by atoms with Gasteiger partial charge in [0.1, 0.15) is 0 Å². The van der Waals surface area contributed by atoms with Crippen LogP contribution in [0.3, 0.4) is 0 Å². The molecule has 0 spiro atoms. The number of carbonyl (C=O) groups is 1. The van der Waals surface area contributed by atoms with Crippen molar-refractivity contribution < 1.29 is 4.79 Å². The van der Waals surface area contributed by atoms with Crippen molar-refractivity contribution in [2.75, 3.05) is 0 Å². The van der Waals surface area contributed by atoms with Gasteiger partial charge in [-0.05, 0) is 25.7 Å². The van der Waals surface area contributed by atoms with E-state index in [1.165, 1.54) is 11.6 Å². The summed E-state index contributed by atoms with van der Waals surface area (Å²) in [5.74, 6) is 0.522. The van der Waals surface area contributed by atoms with Crippen LogP contribution in [0.2, 0.25) is 0 Å². The number of hydrogen-bond acceptors (Lipinski definition) is 3. The summed E-state index contributed by atoms with van der Waals surface area (Å²) in [6, 6.07) is 0. The Morgan fingerprint density at radius 3 is 2.50 bits per heavy atom. The van der Waals surface area contributed by atoms with Gasteiger partial charge in [0, 0.05) is 19.3 Å². The fourth-order valence-electron chi connectivity index (χ4n) is 1.80. The Labute approximate surface area is 92.3 Å². The molecule has 5 heteroatoms. The molecule has 0 aliphatic heterocycles. The molecular formula is C11H14N2O3. The number of aldehydes is 1. The molecule has 1 saturated carbocycles. The Kier molecular flexibility index (Phi) is 2.53. The van der Waals surface area contributed by atoms with Crippen LogP contribution in [0.25, 0.3) is 0 Å². The molecule has 0 aromatic carbocycles. The Morgan fingerprint density at radius 1 is 1.38 bits per heavy atom. The quantitative estimate of drug-likeness (QED) is 0.680. The van der Waals surface area contributed by atoms with Gasteiger partial charge in [0.05, 0.1) is 5.56 Å². The minimum atomic E-state index is -0.510. The van der Waals surface area contributed by atoms with E-state index >= 15 is 0 Å². The van der Waals surface area contributed by atoms with Gasteiger partial charge in [0.15, 0.2) is 6.29 Å². The van der Waals surface area contributed by atoms with Crippen molar-refractivity contribution in [3.05, 3.63) is 32.1 Å². The largest absolute Gasteiger partial charge is 0.330 e. The summed E-state index contributed by atoms with van der Waals surface area (Å²) in [6.07, 6.45) is 2.76. The summed E-state index contributed by atoms with van der Waals surface area (Å²) in [5.41, 5.74) is -0.276. The van der Waals surface area contributed by atoms with E-state index in [1.54, 1.807) is 6.92 Å². The predicted octanol–water partition coefficient (Wildman–Crippen LogP) is 0.0779. The van der Waals surface area contributed by atoms with Crippen LogP contribution in [0.1, 0.15) is 28.9 Å². The maximum Gasteiger partial charge on any atom is 0.330 e. The monoisotopic (exact) mass is 222 g/mol. The van der Waals surface area contributed by atoms with Crippen LogP contribution in [-0.4, -0.2) is 15.4 Å². The third kappa shape index (κ3) is 1.62. The lowest BCUT2D eigenvalue weighted by Crippen LogP contribution is -2.41. The van der Waals surface area contributed by atoms with Crippen LogP contribution >= 0.6 is 0 Å². The van der Waals surface area contributed by atoms with E-state index in [0.29, 0.717) is 24.4 Å². The van der Waals surface area contributed by atoms with Crippen molar-refractivity contribution in [2.24, 2.45) is 13.0 Å². The lowest BCUT2D eigenvalue weighted by atomic mass is 10.2. The highest BCUT2D eigenvalue weighted by molar-refractivity contribution is 5.75. The third-order valence-corrected chi connectivity index (χ3v) is 3.10. The molecule has 1 aromatic heterocycles. The molecule has 1 aromatic rings. The summed E-state index contributed by atoms with van der Waals surface area (Å²) in [4.78, 5) is 34.3.